The molecule has 1 aromatic carbocycles. The van der Waals surface area contributed by atoms with Gasteiger partial charge in [0.05, 0.1) is 12.5 Å². The van der Waals surface area contributed by atoms with Crippen LogP contribution in [0.3, 0.4) is 0 Å². The maximum Gasteiger partial charge on any atom is 0.0641 e. The summed E-state index contributed by atoms with van der Waals surface area (Å²) in [5.41, 5.74) is 1.28. The van der Waals surface area contributed by atoms with E-state index in [0.717, 1.165) is 25.6 Å². The molecule has 1 aromatic rings. The maximum absolute atomic E-state index is 9.12. The first-order valence-electron chi connectivity index (χ1n) is 7.28. The first-order valence-corrected chi connectivity index (χ1v) is 7.28. The zero-order chi connectivity index (χ0) is 13.1. The van der Waals surface area contributed by atoms with E-state index in [1.54, 1.807) is 0 Å². The number of hydrogen-bond donors (Lipinski definition) is 1. The molecule has 0 bridgehead atoms. The lowest BCUT2D eigenvalue weighted by Crippen LogP contribution is -2.40. The van der Waals surface area contributed by atoms with Gasteiger partial charge in [-0.25, -0.2) is 0 Å². The Kier molecular flexibility index (Phi) is 3.82. The van der Waals surface area contributed by atoms with Crippen molar-refractivity contribution in [2.24, 2.45) is 5.92 Å². The number of benzene rings is 1. The van der Waals surface area contributed by atoms with Gasteiger partial charge in [0.2, 0.25) is 0 Å². The average Bonchev–Trinajstić information content (AvgIpc) is 2.89. The quantitative estimate of drug-likeness (QED) is 0.901. The SMILES string of the molecule is N#CCC(c1ccccc1)N1CC2CCCNC2C1. The van der Waals surface area contributed by atoms with Crippen LogP contribution in [0.5, 0.6) is 0 Å². The number of nitriles is 1. The van der Waals surface area contributed by atoms with Gasteiger partial charge >= 0.3 is 0 Å². The predicted octanol–water partition coefficient (Wildman–Crippen LogP) is 2.33. The highest BCUT2D eigenvalue weighted by Gasteiger charge is 2.37. The van der Waals surface area contributed by atoms with Crippen LogP contribution < -0.4 is 5.32 Å². The van der Waals surface area contributed by atoms with Crippen molar-refractivity contribution in [3.05, 3.63) is 35.9 Å². The minimum absolute atomic E-state index is 0.263. The number of likely N-dealkylation sites (tertiary alicyclic amines) is 1. The Hall–Kier alpha value is -1.37. The highest BCUT2D eigenvalue weighted by atomic mass is 15.2. The van der Waals surface area contributed by atoms with E-state index < -0.39 is 0 Å². The van der Waals surface area contributed by atoms with Gasteiger partial charge < -0.3 is 5.32 Å². The third-order valence-electron chi connectivity index (χ3n) is 4.54. The van der Waals surface area contributed by atoms with Crippen LogP contribution in [-0.2, 0) is 0 Å². The van der Waals surface area contributed by atoms with Crippen LogP contribution >= 0.6 is 0 Å². The molecule has 0 amide bonds. The largest absolute Gasteiger partial charge is 0.312 e. The van der Waals surface area contributed by atoms with E-state index in [2.05, 4.69) is 40.6 Å². The summed E-state index contributed by atoms with van der Waals surface area (Å²) < 4.78 is 0. The summed E-state index contributed by atoms with van der Waals surface area (Å²) in [6.07, 6.45) is 3.22. The predicted molar refractivity (Wildman–Crippen MR) is 75.5 cm³/mol. The number of piperidine rings is 1. The van der Waals surface area contributed by atoms with Gasteiger partial charge in [-0.1, -0.05) is 30.3 Å². The molecule has 2 aliphatic rings. The first-order chi connectivity index (χ1) is 9.38. The second-order valence-electron chi connectivity index (χ2n) is 5.71. The third-order valence-corrected chi connectivity index (χ3v) is 4.54. The molecular formula is C16H21N3. The molecule has 3 unspecified atom stereocenters. The van der Waals surface area contributed by atoms with Crippen LogP contribution in [-0.4, -0.2) is 30.6 Å². The van der Waals surface area contributed by atoms with Crippen LogP contribution in [0.2, 0.25) is 0 Å². The molecule has 0 aliphatic carbocycles. The lowest BCUT2D eigenvalue weighted by atomic mass is 9.94. The first kappa shape index (κ1) is 12.7. The van der Waals surface area contributed by atoms with Crippen LogP contribution in [0.1, 0.15) is 30.9 Å². The molecule has 3 rings (SSSR count). The van der Waals surface area contributed by atoms with Crippen molar-refractivity contribution in [1.82, 2.24) is 10.2 Å². The molecule has 0 spiro atoms. The van der Waals surface area contributed by atoms with E-state index in [9.17, 15) is 0 Å². The fraction of sp³-hybridized carbons (Fsp3) is 0.562. The zero-order valence-electron chi connectivity index (χ0n) is 11.3. The van der Waals surface area contributed by atoms with Gasteiger partial charge in [0.1, 0.15) is 0 Å². The van der Waals surface area contributed by atoms with Gasteiger partial charge in [-0.05, 0) is 30.9 Å². The Balaban J connectivity index is 1.76. The van der Waals surface area contributed by atoms with Crippen LogP contribution in [0.15, 0.2) is 30.3 Å². The minimum atomic E-state index is 0.263. The van der Waals surface area contributed by atoms with Gasteiger partial charge in [0.25, 0.3) is 0 Å². The number of hydrogen-bond acceptors (Lipinski definition) is 3. The molecule has 3 atom stereocenters. The van der Waals surface area contributed by atoms with E-state index in [1.165, 1.54) is 18.4 Å². The summed E-state index contributed by atoms with van der Waals surface area (Å²) in [5, 5.41) is 12.8. The van der Waals surface area contributed by atoms with Crippen molar-refractivity contribution in [1.29, 1.82) is 5.26 Å². The molecule has 2 heterocycles. The molecule has 2 saturated heterocycles. The van der Waals surface area contributed by atoms with E-state index in [4.69, 9.17) is 5.26 Å². The molecule has 1 N–H and O–H groups in total. The normalized spacial score (nSPS) is 28.6. The molecule has 0 aromatic heterocycles. The van der Waals surface area contributed by atoms with Crippen LogP contribution in [0.4, 0.5) is 0 Å². The summed E-state index contributed by atoms with van der Waals surface area (Å²) in [6, 6.07) is 13.7. The number of rotatable bonds is 3. The van der Waals surface area contributed by atoms with Crippen molar-refractivity contribution in [2.45, 2.75) is 31.3 Å². The fourth-order valence-electron chi connectivity index (χ4n) is 3.55. The topological polar surface area (TPSA) is 39.1 Å². The molecule has 3 nitrogen and oxygen atoms in total. The molecule has 0 radical (unpaired) electrons. The Labute approximate surface area is 115 Å². The van der Waals surface area contributed by atoms with E-state index >= 15 is 0 Å². The summed E-state index contributed by atoms with van der Waals surface area (Å²) in [7, 11) is 0. The van der Waals surface area contributed by atoms with Gasteiger partial charge in [0, 0.05) is 25.2 Å². The number of nitrogens with zero attached hydrogens (tertiary/aromatic N) is 2. The molecule has 2 fully saturated rings. The minimum Gasteiger partial charge on any atom is -0.312 e. The molecule has 100 valence electrons. The highest BCUT2D eigenvalue weighted by Crippen LogP contribution is 2.33. The molecular weight excluding hydrogens is 234 g/mol. The Morgan fingerprint density at radius 1 is 1.32 bits per heavy atom. The summed E-state index contributed by atoms with van der Waals surface area (Å²) in [5.74, 6) is 0.777. The fourth-order valence-corrected chi connectivity index (χ4v) is 3.55. The van der Waals surface area contributed by atoms with E-state index in [1.807, 2.05) is 6.07 Å². The number of nitrogens with one attached hydrogen (secondary N) is 1. The molecule has 3 heteroatoms. The summed E-state index contributed by atoms with van der Waals surface area (Å²) >= 11 is 0. The molecule has 2 aliphatic heterocycles. The standard InChI is InChI=1S/C16H21N3/c17-9-8-16(13-5-2-1-3-6-13)19-11-14-7-4-10-18-15(14)12-19/h1-3,5-6,14-16,18H,4,7-8,10-12H2. The Morgan fingerprint density at radius 3 is 2.89 bits per heavy atom. The lowest BCUT2D eigenvalue weighted by molar-refractivity contribution is 0.237. The van der Waals surface area contributed by atoms with Crippen molar-refractivity contribution >= 4 is 0 Å². The summed E-state index contributed by atoms with van der Waals surface area (Å²) in [4.78, 5) is 2.51. The van der Waals surface area contributed by atoms with Gasteiger partial charge in [0.15, 0.2) is 0 Å². The van der Waals surface area contributed by atoms with Crippen molar-refractivity contribution in [3.8, 4) is 6.07 Å². The van der Waals surface area contributed by atoms with Crippen LogP contribution in [0, 0.1) is 17.2 Å². The Bertz CT molecular complexity index is 437. The van der Waals surface area contributed by atoms with Gasteiger partial charge in [-0.3, -0.25) is 4.90 Å². The number of fused-ring (bicyclic) bond motifs is 1. The van der Waals surface area contributed by atoms with Crippen LogP contribution in [0.25, 0.3) is 0 Å². The van der Waals surface area contributed by atoms with E-state index in [0.29, 0.717) is 12.5 Å². The maximum atomic E-state index is 9.12. The third kappa shape index (κ3) is 2.65. The summed E-state index contributed by atoms with van der Waals surface area (Å²) in [6.45, 7) is 3.38. The second-order valence-corrected chi connectivity index (χ2v) is 5.71. The molecule has 0 saturated carbocycles. The monoisotopic (exact) mass is 255 g/mol. The smallest absolute Gasteiger partial charge is 0.0641 e. The molecule has 19 heavy (non-hydrogen) atoms. The average molecular weight is 255 g/mol. The second kappa shape index (κ2) is 5.73. The van der Waals surface area contributed by atoms with Gasteiger partial charge in [-0.15, -0.1) is 0 Å². The Morgan fingerprint density at radius 2 is 2.16 bits per heavy atom. The van der Waals surface area contributed by atoms with Gasteiger partial charge in [-0.2, -0.15) is 5.26 Å². The lowest BCUT2D eigenvalue weighted by Gasteiger charge is -2.26. The zero-order valence-corrected chi connectivity index (χ0v) is 11.3. The highest BCUT2D eigenvalue weighted by molar-refractivity contribution is 5.21. The van der Waals surface area contributed by atoms with Crippen molar-refractivity contribution in [3.63, 3.8) is 0 Å². The van der Waals surface area contributed by atoms with E-state index in [-0.39, 0.29) is 6.04 Å². The van der Waals surface area contributed by atoms with Crippen molar-refractivity contribution < 1.29 is 0 Å². The van der Waals surface area contributed by atoms with Crippen molar-refractivity contribution in [2.75, 3.05) is 19.6 Å².